The highest BCUT2D eigenvalue weighted by molar-refractivity contribution is 7.79. The summed E-state index contributed by atoms with van der Waals surface area (Å²) in [5.74, 6) is 2.49. The molecule has 2 fully saturated rings. The lowest BCUT2D eigenvalue weighted by atomic mass is 10.0. The average Bonchev–Trinajstić information content (AvgIpc) is 3.30. The number of piperazine rings is 1. The zero-order valence-corrected chi connectivity index (χ0v) is 22.9. The smallest absolute Gasteiger partial charge is 0.227 e. The Bertz CT molecular complexity index is 1470. The summed E-state index contributed by atoms with van der Waals surface area (Å²) in [7, 11) is 0. The van der Waals surface area contributed by atoms with Crippen LogP contribution in [0.3, 0.4) is 0 Å². The monoisotopic (exact) mass is 548 g/mol. The first kappa shape index (κ1) is 25.9. The van der Waals surface area contributed by atoms with E-state index in [4.69, 9.17) is 19.2 Å². The van der Waals surface area contributed by atoms with E-state index in [-0.39, 0.29) is 11.9 Å². The highest BCUT2D eigenvalue weighted by atomic mass is 32.2. The minimum atomic E-state index is -1.84. The van der Waals surface area contributed by atoms with Crippen LogP contribution in [0.5, 0.6) is 0 Å². The Morgan fingerprint density at radius 2 is 1.82 bits per heavy atom. The molecule has 2 aliphatic heterocycles. The molecule has 10 nitrogen and oxygen atoms in total. The molecule has 204 valence electrons. The van der Waals surface area contributed by atoms with Crippen LogP contribution in [0, 0.1) is 13.8 Å². The number of fused-ring (bicyclic) bond motifs is 1. The summed E-state index contributed by atoms with van der Waals surface area (Å²) in [4.78, 5) is 16.7. The number of aryl methyl sites for hydroxylation is 2. The third-order valence-corrected chi connectivity index (χ3v) is 8.10. The molecule has 1 N–H and O–H groups in total. The third kappa shape index (κ3) is 5.27. The average molecular weight is 549 g/mol. The quantitative estimate of drug-likeness (QED) is 0.358. The van der Waals surface area contributed by atoms with Crippen molar-refractivity contribution in [2.45, 2.75) is 19.9 Å². The van der Waals surface area contributed by atoms with E-state index in [9.17, 15) is 8.76 Å². The molecule has 0 aliphatic carbocycles. The predicted molar refractivity (Wildman–Crippen MR) is 151 cm³/mol. The molecule has 39 heavy (non-hydrogen) atoms. The SMILES string of the molecule is Cc1noc(C)c1-c1ccc2nc(N3CCN(CS(=O)O)CC3)nc(N3CCOC[C@H]3c3ccccc3)c2c1. The van der Waals surface area contributed by atoms with Gasteiger partial charge < -0.3 is 23.6 Å². The Morgan fingerprint density at radius 1 is 1.03 bits per heavy atom. The molecule has 0 spiro atoms. The van der Waals surface area contributed by atoms with E-state index >= 15 is 0 Å². The van der Waals surface area contributed by atoms with Crippen molar-refractivity contribution in [3.63, 3.8) is 0 Å². The van der Waals surface area contributed by atoms with Crippen LogP contribution >= 0.6 is 0 Å². The Hall–Kier alpha value is -3.38. The van der Waals surface area contributed by atoms with Gasteiger partial charge in [-0.25, -0.2) is 9.19 Å². The fourth-order valence-corrected chi connectivity index (χ4v) is 6.12. The number of ether oxygens (including phenoxy) is 1. The maximum absolute atomic E-state index is 11.3. The van der Waals surface area contributed by atoms with Gasteiger partial charge in [-0.1, -0.05) is 41.6 Å². The molecule has 0 radical (unpaired) electrons. The molecule has 4 heterocycles. The lowest BCUT2D eigenvalue weighted by molar-refractivity contribution is 0.0939. The van der Waals surface area contributed by atoms with Gasteiger partial charge in [-0.3, -0.25) is 4.90 Å². The lowest BCUT2D eigenvalue weighted by Crippen LogP contribution is -2.48. The van der Waals surface area contributed by atoms with Crippen molar-refractivity contribution in [3.8, 4) is 11.1 Å². The predicted octanol–water partition coefficient (Wildman–Crippen LogP) is 3.78. The van der Waals surface area contributed by atoms with Gasteiger partial charge in [-0.15, -0.1) is 0 Å². The Morgan fingerprint density at radius 3 is 2.54 bits per heavy atom. The number of hydrogen-bond donors (Lipinski definition) is 1. The van der Waals surface area contributed by atoms with Crippen LogP contribution in [-0.4, -0.2) is 80.6 Å². The molecule has 4 aromatic rings. The van der Waals surface area contributed by atoms with Crippen LogP contribution in [0.25, 0.3) is 22.0 Å². The van der Waals surface area contributed by atoms with Crippen LogP contribution in [0.15, 0.2) is 53.1 Å². The number of benzene rings is 2. The molecule has 0 saturated carbocycles. The van der Waals surface area contributed by atoms with Crippen molar-refractivity contribution >= 4 is 33.7 Å². The molecule has 6 rings (SSSR count). The first-order valence-electron chi connectivity index (χ1n) is 13.2. The molecule has 2 aliphatic rings. The maximum atomic E-state index is 11.3. The van der Waals surface area contributed by atoms with E-state index in [0.29, 0.717) is 51.9 Å². The van der Waals surface area contributed by atoms with E-state index in [1.807, 2.05) is 30.9 Å². The second-order valence-corrected chi connectivity index (χ2v) is 10.9. The first-order valence-corrected chi connectivity index (χ1v) is 14.4. The van der Waals surface area contributed by atoms with Gasteiger partial charge in [-0.2, -0.15) is 4.98 Å². The van der Waals surface area contributed by atoms with Gasteiger partial charge in [0, 0.05) is 43.7 Å². The molecule has 2 aromatic heterocycles. The van der Waals surface area contributed by atoms with Crippen molar-refractivity contribution in [3.05, 3.63) is 65.5 Å². The second kappa shape index (κ2) is 11.0. The summed E-state index contributed by atoms with van der Waals surface area (Å²) in [6.07, 6.45) is 0. The minimum Gasteiger partial charge on any atom is -0.377 e. The van der Waals surface area contributed by atoms with E-state index < -0.39 is 11.1 Å². The normalized spacial score (nSPS) is 19.5. The van der Waals surface area contributed by atoms with E-state index in [1.165, 1.54) is 5.56 Å². The van der Waals surface area contributed by atoms with Crippen LogP contribution in [0.2, 0.25) is 0 Å². The number of hydrogen-bond acceptors (Lipinski definition) is 9. The molecule has 0 bridgehead atoms. The fraction of sp³-hybridized carbons (Fsp3) is 0.393. The van der Waals surface area contributed by atoms with Crippen LogP contribution in [-0.2, 0) is 15.8 Å². The van der Waals surface area contributed by atoms with Crippen molar-refractivity contribution in [2.24, 2.45) is 0 Å². The third-order valence-electron chi connectivity index (χ3n) is 7.52. The fourth-order valence-electron chi connectivity index (χ4n) is 5.55. The van der Waals surface area contributed by atoms with Crippen molar-refractivity contribution in [2.75, 3.05) is 61.6 Å². The van der Waals surface area contributed by atoms with Gasteiger partial charge in [0.25, 0.3) is 0 Å². The standard InChI is InChI=1S/C28H32N6O4S/c1-19-26(20(2)38-31-19)22-8-9-24-23(16-22)27(34-14-15-37-17-25(34)21-6-4-3-5-7-21)30-28(29-24)33-12-10-32(11-13-33)18-39(35)36/h3-9,16,25H,10-15,17-18H2,1-2H3,(H,35,36)/t25-/m0/s1. The Balaban J connectivity index is 1.45. The van der Waals surface area contributed by atoms with E-state index in [2.05, 4.69) is 51.4 Å². The number of aromatic nitrogens is 3. The largest absolute Gasteiger partial charge is 0.377 e. The molecule has 2 atom stereocenters. The van der Waals surface area contributed by atoms with Crippen molar-refractivity contribution < 1.29 is 18.0 Å². The molecule has 2 saturated heterocycles. The topological polar surface area (TPSA) is 108 Å². The van der Waals surface area contributed by atoms with Crippen molar-refractivity contribution in [1.29, 1.82) is 0 Å². The minimum absolute atomic E-state index is 0.0185. The van der Waals surface area contributed by atoms with Crippen LogP contribution < -0.4 is 9.80 Å². The molecule has 2 aromatic carbocycles. The summed E-state index contributed by atoms with van der Waals surface area (Å²) < 4.78 is 32.0. The van der Waals surface area contributed by atoms with Gasteiger partial charge in [-0.05, 0) is 37.1 Å². The van der Waals surface area contributed by atoms with Gasteiger partial charge in [0.2, 0.25) is 5.95 Å². The summed E-state index contributed by atoms with van der Waals surface area (Å²) in [6, 6.07) is 16.7. The van der Waals surface area contributed by atoms with E-state index in [1.54, 1.807) is 0 Å². The molecule has 1 unspecified atom stereocenters. The second-order valence-electron chi connectivity index (χ2n) is 10.0. The Kier molecular flexibility index (Phi) is 7.30. The molecule has 0 amide bonds. The molecule has 11 heteroatoms. The summed E-state index contributed by atoms with van der Waals surface area (Å²) in [5.41, 5.74) is 4.90. The van der Waals surface area contributed by atoms with Gasteiger partial charge in [0.15, 0.2) is 11.1 Å². The Labute approximate surface area is 229 Å². The highest BCUT2D eigenvalue weighted by Crippen LogP contribution is 2.37. The zero-order chi connectivity index (χ0) is 26.9. The van der Waals surface area contributed by atoms with Gasteiger partial charge >= 0.3 is 0 Å². The number of nitrogens with zero attached hydrogens (tertiary/aromatic N) is 6. The van der Waals surface area contributed by atoms with Crippen LogP contribution in [0.4, 0.5) is 11.8 Å². The summed E-state index contributed by atoms with van der Waals surface area (Å²) >= 11 is -1.84. The molecular weight excluding hydrogens is 516 g/mol. The summed E-state index contributed by atoms with van der Waals surface area (Å²) in [5, 5.41) is 5.12. The summed E-state index contributed by atoms with van der Waals surface area (Å²) in [6.45, 7) is 8.51. The highest BCUT2D eigenvalue weighted by Gasteiger charge is 2.29. The van der Waals surface area contributed by atoms with Crippen LogP contribution in [0.1, 0.15) is 23.1 Å². The molecular formula is C28H32N6O4S. The number of rotatable bonds is 6. The van der Waals surface area contributed by atoms with Crippen molar-refractivity contribution in [1.82, 2.24) is 20.0 Å². The van der Waals surface area contributed by atoms with Gasteiger partial charge in [0.1, 0.15) is 17.5 Å². The first-order chi connectivity index (χ1) is 19.0. The zero-order valence-electron chi connectivity index (χ0n) is 22.1. The van der Waals surface area contributed by atoms with Gasteiger partial charge in [0.05, 0.1) is 30.5 Å². The number of morpholine rings is 1. The maximum Gasteiger partial charge on any atom is 0.227 e. The number of anilines is 2. The van der Waals surface area contributed by atoms with E-state index in [0.717, 1.165) is 39.3 Å². The lowest BCUT2D eigenvalue weighted by Gasteiger charge is -2.38.